The highest BCUT2D eigenvalue weighted by molar-refractivity contribution is 7.90. The minimum absolute atomic E-state index is 0.0799. The van der Waals surface area contributed by atoms with E-state index in [1.807, 2.05) is 19.1 Å². The molecule has 1 aliphatic heterocycles. The predicted octanol–water partition coefficient (Wildman–Crippen LogP) is 4.49. The van der Waals surface area contributed by atoms with Crippen molar-refractivity contribution in [1.82, 2.24) is 4.98 Å². The summed E-state index contributed by atoms with van der Waals surface area (Å²) in [6.07, 6.45) is 2.86. The lowest BCUT2D eigenvalue weighted by molar-refractivity contribution is 0.0917. The largest absolute Gasteiger partial charge is 0.376 e. The van der Waals surface area contributed by atoms with Gasteiger partial charge in [-0.1, -0.05) is 29.0 Å². The first kappa shape index (κ1) is 21.2. The van der Waals surface area contributed by atoms with Gasteiger partial charge >= 0.3 is 0 Å². The molecule has 0 radical (unpaired) electrons. The Bertz CT molecular complexity index is 1220. The number of halogens is 1. The van der Waals surface area contributed by atoms with Crippen LogP contribution in [0.25, 0.3) is 10.2 Å². The second-order valence-electron chi connectivity index (χ2n) is 7.42. The topological polar surface area (TPSA) is 76.6 Å². The Hall–Kier alpha value is -2.00. The molecule has 9 heteroatoms. The van der Waals surface area contributed by atoms with Gasteiger partial charge in [0.05, 0.1) is 27.8 Å². The van der Waals surface area contributed by atoms with Crippen molar-refractivity contribution in [3.8, 4) is 0 Å². The average molecular weight is 465 g/mol. The van der Waals surface area contributed by atoms with E-state index in [0.717, 1.165) is 34.9 Å². The smallest absolute Gasteiger partial charge is 0.260 e. The molecule has 1 aromatic heterocycles. The first-order chi connectivity index (χ1) is 14.2. The summed E-state index contributed by atoms with van der Waals surface area (Å²) in [6, 6.07) is 9.78. The van der Waals surface area contributed by atoms with Crippen LogP contribution in [0.3, 0.4) is 0 Å². The molecule has 0 spiro atoms. The summed E-state index contributed by atoms with van der Waals surface area (Å²) in [6.45, 7) is 2.96. The number of thiazole rings is 1. The SMILES string of the molecule is Cc1cc(Cl)cc2sc(N(CC3CCCO3)C(=O)c3cccc(S(C)(=O)=O)c3)nc12. The first-order valence-electron chi connectivity index (χ1n) is 9.52. The number of benzene rings is 2. The first-order valence-corrected chi connectivity index (χ1v) is 12.6. The number of aryl methyl sites for hydroxylation is 1. The maximum absolute atomic E-state index is 13.5. The van der Waals surface area contributed by atoms with Crippen LogP contribution in [0.1, 0.15) is 28.8 Å². The molecule has 6 nitrogen and oxygen atoms in total. The van der Waals surface area contributed by atoms with Crippen molar-refractivity contribution < 1.29 is 17.9 Å². The van der Waals surface area contributed by atoms with Crippen molar-refractivity contribution in [1.29, 1.82) is 0 Å². The predicted molar refractivity (Wildman–Crippen MR) is 120 cm³/mol. The minimum Gasteiger partial charge on any atom is -0.376 e. The zero-order valence-corrected chi connectivity index (χ0v) is 19.0. The van der Waals surface area contributed by atoms with Gasteiger partial charge in [-0.15, -0.1) is 0 Å². The van der Waals surface area contributed by atoms with Crippen LogP contribution in [0.2, 0.25) is 5.02 Å². The fourth-order valence-electron chi connectivity index (χ4n) is 3.51. The molecule has 0 saturated carbocycles. The molecule has 158 valence electrons. The van der Waals surface area contributed by atoms with E-state index in [1.54, 1.807) is 17.0 Å². The molecular weight excluding hydrogens is 444 g/mol. The van der Waals surface area contributed by atoms with Crippen LogP contribution >= 0.6 is 22.9 Å². The van der Waals surface area contributed by atoms with Gasteiger partial charge in [-0.2, -0.15) is 0 Å². The molecule has 1 atom stereocenters. The van der Waals surface area contributed by atoms with Gasteiger partial charge in [0.15, 0.2) is 15.0 Å². The number of anilines is 1. The molecule has 0 N–H and O–H groups in total. The Morgan fingerprint density at radius 1 is 1.33 bits per heavy atom. The maximum Gasteiger partial charge on any atom is 0.260 e. The average Bonchev–Trinajstić information content (AvgIpc) is 3.34. The number of sulfone groups is 1. The van der Waals surface area contributed by atoms with E-state index in [-0.39, 0.29) is 16.9 Å². The molecular formula is C21H21ClN2O4S2. The van der Waals surface area contributed by atoms with E-state index in [2.05, 4.69) is 0 Å². The summed E-state index contributed by atoms with van der Waals surface area (Å²) in [5.41, 5.74) is 2.03. The van der Waals surface area contributed by atoms with Gasteiger partial charge in [-0.25, -0.2) is 13.4 Å². The third-order valence-corrected chi connectivity index (χ3v) is 7.39. The summed E-state index contributed by atoms with van der Waals surface area (Å²) in [5.74, 6) is -0.307. The van der Waals surface area contributed by atoms with E-state index in [9.17, 15) is 13.2 Å². The molecule has 1 fully saturated rings. The van der Waals surface area contributed by atoms with Gasteiger partial charge < -0.3 is 4.74 Å². The highest BCUT2D eigenvalue weighted by Crippen LogP contribution is 2.34. The molecule has 0 aliphatic carbocycles. The third-order valence-electron chi connectivity index (χ3n) is 5.03. The summed E-state index contributed by atoms with van der Waals surface area (Å²) in [7, 11) is -3.43. The third kappa shape index (κ3) is 4.37. The Morgan fingerprint density at radius 3 is 2.83 bits per heavy atom. The second kappa shape index (κ2) is 8.26. The zero-order valence-electron chi connectivity index (χ0n) is 16.6. The number of nitrogens with zero attached hydrogens (tertiary/aromatic N) is 2. The van der Waals surface area contributed by atoms with Crippen LogP contribution < -0.4 is 4.90 Å². The zero-order chi connectivity index (χ0) is 21.5. The Balaban J connectivity index is 1.77. The molecule has 1 aliphatic rings. The lowest BCUT2D eigenvalue weighted by atomic mass is 10.2. The highest BCUT2D eigenvalue weighted by Gasteiger charge is 2.28. The fourth-order valence-corrected chi connectivity index (χ4v) is 5.61. The van der Waals surface area contributed by atoms with Crippen LogP contribution in [0.4, 0.5) is 5.13 Å². The lowest BCUT2D eigenvalue weighted by Gasteiger charge is -2.23. The maximum atomic E-state index is 13.5. The van der Waals surface area contributed by atoms with Gasteiger partial charge in [-0.05, 0) is 55.7 Å². The molecule has 3 aromatic rings. The number of carbonyl (C=O) groups excluding carboxylic acids is 1. The van der Waals surface area contributed by atoms with E-state index in [4.69, 9.17) is 21.3 Å². The minimum atomic E-state index is -3.43. The van der Waals surface area contributed by atoms with Crippen molar-refractivity contribution in [2.45, 2.75) is 30.8 Å². The molecule has 4 rings (SSSR count). The molecule has 0 bridgehead atoms. The molecule has 2 heterocycles. The normalized spacial score (nSPS) is 16.8. The van der Waals surface area contributed by atoms with Crippen LogP contribution in [-0.2, 0) is 14.6 Å². The van der Waals surface area contributed by atoms with Crippen LogP contribution in [-0.4, -0.2) is 44.8 Å². The number of ether oxygens (including phenoxy) is 1. The molecule has 1 amide bonds. The Morgan fingerprint density at radius 2 is 2.13 bits per heavy atom. The fraction of sp³-hybridized carbons (Fsp3) is 0.333. The van der Waals surface area contributed by atoms with Gasteiger partial charge in [0.1, 0.15) is 0 Å². The number of fused-ring (bicyclic) bond motifs is 1. The molecule has 1 saturated heterocycles. The number of aromatic nitrogens is 1. The van der Waals surface area contributed by atoms with Crippen molar-refractivity contribution in [3.63, 3.8) is 0 Å². The second-order valence-corrected chi connectivity index (χ2v) is 10.9. The quantitative estimate of drug-likeness (QED) is 0.556. The standard InChI is InChI=1S/C21H21ClN2O4S2/c1-13-9-15(22)11-18-19(13)23-21(29-18)24(12-16-6-4-8-28-16)20(25)14-5-3-7-17(10-14)30(2,26)27/h3,5,7,9-11,16H,4,6,8,12H2,1-2H3. The number of hydrogen-bond acceptors (Lipinski definition) is 6. The van der Waals surface area contributed by atoms with Gasteiger partial charge in [0.25, 0.3) is 5.91 Å². The molecule has 1 unspecified atom stereocenters. The summed E-state index contributed by atoms with van der Waals surface area (Å²) < 4.78 is 30.5. The van der Waals surface area contributed by atoms with E-state index >= 15 is 0 Å². The van der Waals surface area contributed by atoms with Gasteiger partial charge in [-0.3, -0.25) is 9.69 Å². The summed E-state index contributed by atoms with van der Waals surface area (Å²) in [5, 5.41) is 1.16. The number of carbonyl (C=O) groups is 1. The van der Waals surface area contributed by atoms with Gasteiger partial charge in [0, 0.05) is 23.4 Å². The molecule has 2 aromatic carbocycles. The highest BCUT2D eigenvalue weighted by atomic mass is 35.5. The van der Waals surface area contributed by atoms with Crippen LogP contribution in [0.15, 0.2) is 41.3 Å². The summed E-state index contributed by atoms with van der Waals surface area (Å²) >= 11 is 7.58. The molecule has 30 heavy (non-hydrogen) atoms. The van der Waals surface area contributed by atoms with E-state index in [0.29, 0.717) is 28.9 Å². The number of rotatable bonds is 5. The number of amides is 1. The Kier molecular flexibility index (Phi) is 5.85. The Labute approximate surface area is 184 Å². The van der Waals surface area contributed by atoms with Crippen molar-refractivity contribution >= 4 is 54.0 Å². The lowest BCUT2D eigenvalue weighted by Crippen LogP contribution is -2.37. The van der Waals surface area contributed by atoms with Crippen LogP contribution in [0, 0.1) is 6.92 Å². The monoisotopic (exact) mass is 464 g/mol. The van der Waals surface area contributed by atoms with Crippen molar-refractivity contribution in [2.24, 2.45) is 0 Å². The van der Waals surface area contributed by atoms with Gasteiger partial charge in [0.2, 0.25) is 0 Å². The summed E-state index contributed by atoms with van der Waals surface area (Å²) in [4.78, 5) is 19.9. The van der Waals surface area contributed by atoms with E-state index in [1.165, 1.54) is 23.5 Å². The number of hydrogen-bond donors (Lipinski definition) is 0. The van der Waals surface area contributed by atoms with Crippen LogP contribution in [0.5, 0.6) is 0 Å². The van der Waals surface area contributed by atoms with Crippen molar-refractivity contribution in [2.75, 3.05) is 24.3 Å². The van der Waals surface area contributed by atoms with Crippen molar-refractivity contribution in [3.05, 3.63) is 52.5 Å². The van der Waals surface area contributed by atoms with E-state index < -0.39 is 9.84 Å².